The van der Waals surface area contributed by atoms with E-state index in [4.69, 9.17) is 8.92 Å². The van der Waals surface area contributed by atoms with Gasteiger partial charge in [0.25, 0.3) is 10.1 Å². The second-order valence-electron chi connectivity index (χ2n) is 8.36. The van der Waals surface area contributed by atoms with E-state index in [1.807, 2.05) is 24.3 Å². The standard InChI is InChI=1S/C25H22FN5O4S/c1-36(32,33)35-10-7-16-3-2-4-17(11-16)20-13-28-25(31-15-18(12-27)30-24(20)31)29-14-21-19-8-9-34-23(19)6-5-22(21)26/h2-6,11,13,15H,7-10,14H2,1H3,(H,28,29). The second-order valence-corrected chi connectivity index (χ2v) is 10.0. The maximum absolute atomic E-state index is 14.6. The average Bonchev–Trinajstić information content (AvgIpc) is 3.50. The molecule has 2 aromatic carbocycles. The molecule has 0 spiro atoms. The van der Waals surface area contributed by atoms with Crippen molar-refractivity contribution in [3.8, 4) is 22.9 Å². The first-order valence-corrected chi connectivity index (χ1v) is 13.0. The largest absolute Gasteiger partial charge is 0.493 e. The maximum atomic E-state index is 14.6. The average molecular weight is 508 g/mol. The van der Waals surface area contributed by atoms with Gasteiger partial charge in [0.05, 0.1) is 25.7 Å². The van der Waals surface area contributed by atoms with Gasteiger partial charge < -0.3 is 10.1 Å². The molecule has 184 valence electrons. The lowest BCUT2D eigenvalue weighted by molar-refractivity contribution is 0.326. The highest BCUT2D eigenvalue weighted by molar-refractivity contribution is 7.85. The van der Waals surface area contributed by atoms with Gasteiger partial charge in [-0.2, -0.15) is 13.7 Å². The monoisotopic (exact) mass is 507 g/mol. The van der Waals surface area contributed by atoms with Gasteiger partial charge >= 0.3 is 0 Å². The molecule has 0 bridgehead atoms. The normalized spacial score (nSPS) is 12.8. The number of imidazole rings is 1. The fourth-order valence-electron chi connectivity index (χ4n) is 4.24. The number of rotatable bonds is 8. The minimum Gasteiger partial charge on any atom is -0.493 e. The smallest absolute Gasteiger partial charge is 0.264 e. The molecule has 1 aliphatic rings. The van der Waals surface area contributed by atoms with Crippen LogP contribution < -0.4 is 10.1 Å². The number of fused-ring (bicyclic) bond motifs is 2. The van der Waals surface area contributed by atoms with E-state index in [1.54, 1.807) is 22.9 Å². The van der Waals surface area contributed by atoms with Crippen molar-refractivity contribution in [2.75, 3.05) is 24.8 Å². The number of benzene rings is 2. The third-order valence-corrected chi connectivity index (χ3v) is 6.49. The van der Waals surface area contributed by atoms with E-state index in [9.17, 15) is 18.1 Å². The van der Waals surface area contributed by atoms with Gasteiger partial charge in [-0.05, 0) is 29.7 Å². The quantitative estimate of drug-likeness (QED) is 0.360. The van der Waals surface area contributed by atoms with E-state index in [-0.39, 0.29) is 24.7 Å². The molecule has 2 aromatic heterocycles. The molecule has 0 saturated heterocycles. The molecule has 3 heterocycles. The molecule has 9 nitrogen and oxygen atoms in total. The Hall–Kier alpha value is -4.01. The van der Waals surface area contributed by atoms with Gasteiger partial charge in [-0.3, -0.25) is 8.58 Å². The maximum Gasteiger partial charge on any atom is 0.264 e. The van der Waals surface area contributed by atoms with E-state index in [0.717, 1.165) is 22.9 Å². The van der Waals surface area contributed by atoms with E-state index in [2.05, 4.69) is 21.4 Å². The van der Waals surface area contributed by atoms with Crippen LogP contribution in [-0.4, -0.2) is 42.3 Å². The van der Waals surface area contributed by atoms with Crippen molar-refractivity contribution in [2.45, 2.75) is 19.4 Å². The predicted octanol–water partition coefficient (Wildman–Crippen LogP) is 3.47. The zero-order valence-electron chi connectivity index (χ0n) is 19.4. The van der Waals surface area contributed by atoms with Crippen LogP contribution in [0.2, 0.25) is 0 Å². The molecule has 0 aliphatic carbocycles. The van der Waals surface area contributed by atoms with Crippen LogP contribution in [-0.2, 0) is 33.7 Å². The molecule has 0 amide bonds. The number of anilines is 1. The van der Waals surface area contributed by atoms with Gasteiger partial charge in [0.1, 0.15) is 17.6 Å². The summed E-state index contributed by atoms with van der Waals surface area (Å²) in [4.78, 5) is 8.98. The van der Waals surface area contributed by atoms with Crippen LogP contribution in [0.1, 0.15) is 22.4 Å². The van der Waals surface area contributed by atoms with E-state index < -0.39 is 10.1 Å². The summed E-state index contributed by atoms with van der Waals surface area (Å²) >= 11 is 0. The van der Waals surface area contributed by atoms with Crippen LogP contribution >= 0.6 is 0 Å². The van der Waals surface area contributed by atoms with Crippen LogP contribution in [0.25, 0.3) is 16.8 Å². The molecule has 1 N–H and O–H groups in total. The molecule has 1 aliphatic heterocycles. The van der Waals surface area contributed by atoms with Crippen LogP contribution in [0.3, 0.4) is 0 Å². The highest BCUT2D eigenvalue weighted by Gasteiger charge is 2.20. The third-order valence-electron chi connectivity index (χ3n) is 5.90. The molecule has 0 fully saturated rings. The lowest BCUT2D eigenvalue weighted by Crippen LogP contribution is -2.09. The van der Waals surface area contributed by atoms with Crippen molar-refractivity contribution < 1.29 is 21.7 Å². The first kappa shape index (κ1) is 23.7. The molecule has 0 atom stereocenters. The topological polar surface area (TPSA) is 119 Å². The van der Waals surface area contributed by atoms with E-state index >= 15 is 0 Å². The van der Waals surface area contributed by atoms with Crippen LogP contribution in [0.5, 0.6) is 5.75 Å². The van der Waals surface area contributed by atoms with Gasteiger partial charge in [0.2, 0.25) is 5.95 Å². The second kappa shape index (κ2) is 9.56. The van der Waals surface area contributed by atoms with Crippen molar-refractivity contribution in [1.29, 1.82) is 5.26 Å². The van der Waals surface area contributed by atoms with Gasteiger partial charge in [-0.1, -0.05) is 24.3 Å². The molecule has 5 rings (SSSR count). The summed E-state index contributed by atoms with van der Waals surface area (Å²) < 4.78 is 49.1. The van der Waals surface area contributed by atoms with Crippen molar-refractivity contribution in [1.82, 2.24) is 14.4 Å². The summed E-state index contributed by atoms with van der Waals surface area (Å²) in [6, 6.07) is 12.6. The summed E-state index contributed by atoms with van der Waals surface area (Å²) in [5.41, 5.74) is 4.45. The number of nitrogens with zero attached hydrogens (tertiary/aromatic N) is 4. The highest BCUT2D eigenvalue weighted by Crippen LogP contribution is 2.31. The highest BCUT2D eigenvalue weighted by atomic mass is 32.2. The Morgan fingerprint density at radius 3 is 2.97 bits per heavy atom. The minimum absolute atomic E-state index is 0.0333. The number of nitrogens with one attached hydrogen (secondary N) is 1. The van der Waals surface area contributed by atoms with Crippen molar-refractivity contribution in [3.05, 3.63) is 77.0 Å². The van der Waals surface area contributed by atoms with Crippen molar-refractivity contribution >= 4 is 21.7 Å². The zero-order valence-corrected chi connectivity index (χ0v) is 20.2. The van der Waals surface area contributed by atoms with E-state index in [0.29, 0.717) is 47.9 Å². The van der Waals surface area contributed by atoms with Gasteiger partial charge in [-0.15, -0.1) is 0 Å². The number of halogens is 1. The number of nitriles is 1. The molecule has 4 aromatic rings. The van der Waals surface area contributed by atoms with Crippen LogP contribution in [0.4, 0.5) is 10.3 Å². The minimum atomic E-state index is -3.51. The van der Waals surface area contributed by atoms with Gasteiger partial charge in [0, 0.05) is 35.9 Å². The van der Waals surface area contributed by atoms with Crippen molar-refractivity contribution in [2.24, 2.45) is 0 Å². The molecule has 0 unspecified atom stereocenters. The molecule has 36 heavy (non-hydrogen) atoms. The SMILES string of the molecule is CS(=O)(=O)OCCc1cccc(-c2cnc(NCc3c(F)ccc4c3CCO4)n3cc(C#N)nc23)c1. The third kappa shape index (κ3) is 4.86. The number of hydrogen-bond donors (Lipinski definition) is 1. The Labute approximate surface area is 207 Å². The van der Waals surface area contributed by atoms with Gasteiger partial charge in [-0.25, -0.2) is 14.4 Å². The fraction of sp³-hybridized carbons (Fsp3) is 0.240. The lowest BCUT2D eigenvalue weighted by atomic mass is 10.0. The summed E-state index contributed by atoms with van der Waals surface area (Å²) in [6.07, 6.45) is 5.28. The predicted molar refractivity (Wildman–Crippen MR) is 131 cm³/mol. The van der Waals surface area contributed by atoms with Gasteiger partial charge in [0.15, 0.2) is 11.3 Å². The Morgan fingerprint density at radius 2 is 2.17 bits per heavy atom. The molecule has 0 radical (unpaired) electrons. The Morgan fingerprint density at radius 1 is 1.31 bits per heavy atom. The first-order chi connectivity index (χ1) is 17.3. The molecule has 11 heteroatoms. The summed E-state index contributed by atoms with van der Waals surface area (Å²) in [5.74, 6) is 0.786. The number of ether oxygens (including phenoxy) is 1. The Kier molecular flexibility index (Phi) is 6.30. The van der Waals surface area contributed by atoms with Crippen LogP contribution in [0, 0.1) is 17.1 Å². The summed E-state index contributed by atoms with van der Waals surface area (Å²) in [6.45, 7) is 0.747. The van der Waals surface area contributed by atoms with E-state index in [1.165, 1.54) is 6.07 Å². The zero-order chi connectivity index (χ0) is 25.3. The summed E-state index contributed by atoms with van der Waals surface area (Å²) in [5, 5.41) is 12.6. The lowest BCUT2D eigenvalue weighted by Gasteiger charge is -2.13. The van der Waals surface area contributed by atoms with Crippen molar-refractivity contribution in [3.63, 3.8) is 0 Å². The summed E-state index contributed by atoms with van der Waals surface area (Å²) in [7, 11) is -3.51. The molecular weight excluding hydrogens is 485 g/mol. The molecular formula is C25H22FN5O4S. The first-order valence-electron chi connectivity index (χ1n) is 11.2. The Bertz CT molecular complexity index is 1610. The fourth-order valence-corrected chi connectivity index (χ4v) is 4.63. The Balaban J connectivity index is 1.45. The molecule has 0 saturated carbocycles. The number of hydrogen-bond acceptors (Lipinski definition) is 8. The van der Waals surface area contributed by atoms with Crippen LogP contribution in [0.15, 0.2) is 48.8 Å². The number of aromatic nitrogens is 3.